The molecule has 1 aromatic carbocycles. The van der Waals surface area contributed by atoms with Crippen LogP contribution in [-0.2, 0) is 0 Å². The zero-order valence-corrected chi connectivity index (χ0v) is 9.34. The lowest BCUT2D eigenvalue weighted by Gasteiger charge is -2.05. The number of nitrogens with two attached hydrogens (primary N) is 1. The van der Waals surface area contributed by atoms with E-state index in [1.54, 1.807) is 12.3 Å². The number of halogens is 1. The van der Waals surface area contributed by atoms with Gasteiger partial charge in [-0.2, -0.15) is 0 Å². The van der Waals surface area contributed by atoms with Gasteiger partial charge in [0.1, 0.15) is 12.0 Å². The highest BCUT2D eigenvalue weighted by Gasteiger charge is 2.11. The van der Waals surface area contributed by atoms with Crippen molar-refractivity contribution in [2.24, 2.45) is 0 Å². The smallest absolute Gasteiger partial charge is 0.191 e. The monoisotopic (exact) mass is 240 g/mol. The van der Waals surface area contributed by atoms with Gasteiger partial charge in [-0.1, -0.05) is 12.1 Å². The molecule has 0 bridgehead atoms. The molecular formula is C13H9FN4. The maximum Gasteiger partial charge on any atom is 0.191 e. The molecule has 0 saturated heterocycles. The van der Waals surface area contributed by atoms with Crippen LogP contribution in [0, 0.1) is 5.82 Å². The van der Waals surface area contributed by atoms with Crippen LogP contribution in [0.2, 0.25) is 0 Å². The summed E-state index contributed by atoms with van der Waals surface area (Å²) in [4.78, 5) is 11.7. The van der Waals surface area contributed by atoms with Crippen molar-refractivity contribution in [2.75, 3.05) is 5.73 Å². The lowest BCUT2D eigenvalue weighted by atomic mass is 10.1. The number of pyridine rings is 1. The van der Waals surface area contributed by atoms with Crippen molar-refractivity contribution in [3.05, 3.63) is 48.7 Å². The van der Waals surface area contributed by atoms with E-state index in [9.17, 15) is 4.39 Å². The molecule has 3 rings (SSSR count). The van der Waals surface area contributed by atoms with Gasteiger partial charge in [-0.05, 0) is 18.2 Å². The highest BCUT2D eigenvalue weighted by Crippen LogP contribution is 2.25. The second kappa shape index (κ2) is 4.03. The molecule has 2 heterocycles. The van der Waals surface area contributed by atoms with Crippen molar-refractivity contribution in [1.29, 1.82) is 0 Å². The topological polar surface area (TPSA) is 64.7 Å². The van der Waals surface area contributed by atoms with Crippen molar-refractivity contribution in [2.45, 2.75) is 0 Å². The fourth-order valence-corrected chi connectivity index (χ4v) is 1.81. The molecule has 5 heteroatoms. The minimum atomic E-state index is -0.597. The quantitative estimate of drug-likeness (QED) is 0.709. The number of nitrogen functional groups attached to an aromatic ring is 1. The fourth-order valence-electron chi connectivity index (χ4n) is 1.81. The molecule has 18 heavy (non-hydrogen) atoms. The van der Waals surface area contributed by atoms with E-state index in [1.807, 2.05) is 24.3 Å². The van der Waals surface area contributed by atoms with Crippen molar-refractivity contribution in [1.82, 2.24) is 15.0 Å². The SMILES string of the molecule is Nc1ncnc(-c2ccc3ncccc3c2)c1F. The van der Waals surface area contributed by atoms with E-state index in [0.717, 1.165) is 10.9 Å². The molecule has 0 spiro atoms. The molecule has 0 aliphatic heterocycles. The van der Waals surface area contributed by atoms with Crippen LogP contribution in [0.1, 0.15) is 0 Å². The van der Waals surface area contributed by atoms with E-state index < -0.39 is 5.82 Å². The zero-order chi connectivity index (χ0) is 12.5. The van der Waals surface area contributed by atoms with Crippen LogP contribution in [-0.4, -0.2) is 15.0 Å². The molecule has 88 valence electrons. The van der Waals surface area contributed by atoms with Gasteiger partial charge in [0.25, 0.3) is 0 Å². The van der Waals surface area contributed by atoms with E-state index >= 15 is 0 Å². The van der Waals surface area contributed by atoms with Crippen molar-refractivity contribution < 1.29 is 4.39 Å². The minimum Gasteiger partial charge on any atom is -0.381 e. The number of rotatable bonds is 1. The first-order chi connectivity index (χ1) is 8.75. The van der Waals surface area contributed by atoms with E-state index in [4.69, 9.17) is 5.73 Å². The normalized spacial score (nSPS) is 10.7. The first-order valence-electron chi connectivity index (χ1n) is 5.37. The standard InChI is InChI=1S/C13H9FN4/c14-11-12(17-7-18-13(11)15)9-3-4-10-8(6-9)2-1-5-16-10/h1-7H,(H2,15,17,18). The Morgan fingerprint density at radius 1 is 1.06 bits per heavy atom. The Hall–Kier alpha value is -2.56. The molecule has 0 amide bonds. The van der Waals surface area contributed by atoms with Gasteiger partial charge in [-0.15, -0.1) is 0 Å². The molecule has 0 saturated carbocycles. The molecule has 2 N–H and O–H groups in total. The summed E-state index contributed by atoms with van der Waals surface area (Å²) in [6, 6.07) is 9.15. The third kappa shape index (κ3) is 1.66. The Kier molecular flexibility index (Phi) is 2.37. The fraction of sp³-hybridized carbons (Fsp3) is 0. The summed E-state index contributed by atoms with van der Waals surface area (Å²) >= 11 is 0. The average Bonchev–Trinajstić information content (AvgIpc) is 2.41. The van der Waals surface area contributed by atoms with Crippen LogP contribution >= 0.6 is 0 Å². The van der Waals surface area contributed by atoms with Gasteiger partial charge in [-0.25, -0.2) is 14.4 Å². The average molecular weight is 240 g/mol. The summed E-state index contributed by atoms with van der Waals surface area (Å²) in [5, 5.41) is 0.923. The van der Waals surface area contributed by atoms with Crippen molar-refractivity contribution in [3.8, 4) is 11.3 Å². The number of hydrogen-bond donors (Lipinski definition) is 1. The van der Waals surface area contributed by atoms with E-state index in [-0.39, 0.29) is 11.5 Å². The van der Waals surface area contributed by atoms with Crippen LogP contribution < -0.4 is 5.73 Å². The molecule has 0 atom stereocenters. The van der Waals surface area contributed by atoms with Gasteiger partial charge >= 0.3 is 0 Å². The molecule has 0 radical (unpaired) electrons. The van der Waals surface area contributed by atoms with Gasteiger partial charge in [0.2, 0.25) is 0 Å². The summed E-state index contributed by atoms with van der Waals surface area (Å²) < 4.78 is 13.8. The maximum atomic E-state index is 13.8. The number of anilines is 1. The van der Waals surface area contributed by atoms with Crippen LogP contribution in [0.3, 0.4) is 0 Å². The Labute approximate surface area is 102 Å². The lowest BCUT2D eigenvalue weighted by molar-refractivity contribution is 0.624. The number of nitrogens with zero attached hydrogens (tertiary/aromatic N) is 3. The maximum absolute atomic E-state index is 13.8. The van der Waals surface area contributed by atoms with Crippen LogP contribution in [0.15, 0.2) is 42.9 Å². The summed E-state index contributed by atoms with van der Waals surface area (Å²) in [5.74, 6) is -0.743. The highest BCUT2D eigenvalue weighted by molar-refractivity contribution is 5.83. The molecule has 0 aliphatic carbocycles. The number of fused-ring (bicyclic) bond motifs is 1. The lowest BCUT2D eigenvalue weighted by Crippen LogP contribution is -1.99. The second-order valence-electron chi connectivity index (χ2n) is 3.83. The number of hydrogen-bond acceptors (Lipinski definition) is 4. The molecule has 0 fully saturated rings. The van der Waals surface area contributed by atoms with Crippen molar-refractivity contribution in [3.63, 3.8) is 0 Å². The van der Waals surface area contributed by atoms with Gasteiger partial charge in [-0.3, -0.25) is 4.98 Å². The van der Waals surface area contributed by atoms with Gasteiger partial charge in [0.05, 0.1) is 5.52 Å². The van der Waals surface area contributed by atoms with Gasteiger partial charge < -0.3 is 5.73 Å². The highest BCUT2D eigenvalue weighted by atomic mass is 19.1. The first kappa shape index (κ1) is 10.6. The molecule has 0 aliphatic rings. The molecular weight excluding hydrogens is 231 g/mol. The predicted molar refractivity (Wildman–Crippen MR) is 67.1 cm³/mol. The summed E-state index contributed by atoms with van der Waals surface area (Å²) in [7, 11) is 0. The van der Waals surface area contributed by atoms with E-state index in [0.29, 0.717) is 5.56 Å². The second-order valence-corrected chi connectivity index (χ2v) is 3.83. The Morgan fingerprint density at radius 3 is 2.83 bits per heavy atom. The van der Waals surface area contributed by atoms with Gasteiger partial charge in [0.15, 0.2) is 11.6 Å². The third-order valence-electron chi connectivity index (χ3n) is 2.69. The Balaban J connectivity index is 2.22. The number of benzene rings is 1. The summed E-state index contributed by atoms with van der Waals surface area (Å²) in [6.07, 6.45) is 2.96. The minimum absolute atomic E-state index is 0.147. The molecule has 3 aromatic rings. The Morgan fingerprint density at radius 2 is 1.94 bits per heavy atom. The summed E-state index contributed by atoms with van der Waals surface area (Å²) in [5.41, 5.74) is 7.14. The Bertz CT molecular complexity index is 727. The largest absolute Gasteiger partial charge is 0.381 e. The third-order valence-corrected chi connectivity index (χ3v) is 2.69. The predicted octanol–water partition coefficient (Wildman–Crippen LogP) is 2.41. The van der Waals surface area contributed by atoms with E-state index in [2.05, 4.69) is 15.0 Å². The van der Waals surface area contributed by atoms with E-state index in [1.165, 1.54) is 6.33 Å². The zero-order valence-electron chi connectivity index (χ0n) is 9.34. The van der Waals surface area contributed by atoms with Crippen LogP contribution in [0.4, 0.5) is 10.2 Å². The number of aromatic nitrogens is 3. The molecule has 2 aromatic heterocycles. The van der Waals surface area contributed by atoms with Crippen LogP contribution in [0.5, 0.6) is 0 Å². The van der Waals surface area contributed by atoms with Crippen molar-refractivity contribution >= 4 is 16.7 Å². The summed E-state index contributed by atoms with van der Waals surface area (Å²) in [6.45, 7) is 0. The van der Waals surface area contributed by atoms with Crippen LogP contribution in [0.25, 0.3) is 22.2 Å². The molecule has 4 nitrogen and oxygen atoms in total. The first-order valence-corrected chi connectivity index (χ1v) is 5.37. The molecule has 0 unspecified atom stereocenters. The van der Waals surface area contributed by atoms with Gasteiger partial charge in [0, 0.05) is 17.1 Å².